The van der Waals surface area contributed by atoms with Gasteiger partial charge in [-0.15, -0.1) is 0 Å². The van der Waals surface area contributed by atoms with Gasteiger partial charge < -0.3 is 0 Å². The van der Waals surface area contributed by atoms with E-state index in [2.05, 4.69) is 0 Å². The summed E-state index contributed by atoms with van der Waals surface area (Å²) >= 11 is 0. The normalized spacial score (nSPS) is 60.0. The van der Waals surface area contributed by atoms with Crippen molar-refractivity contribution in [1.82, 2.24) is 0 Å². The van der Waals surface area contributed by atoms with Gasteiger partial charge in [-0.2, -0.15) is 0 Å². The average Bonchev–Trinajstić information content (AvgIpc) is 2.17. The van der Waals surface area contributed by atoms with Gasteiger partial charge in [-0.05, 0) is 67.6 Å². The summed E-state index contributed by atoms with van der Waals surface area (Å²) in [7, 11) is 0. The molecule has 2 atom stereocenters. The minimum atomic E-state index is 1.18. The minimum Gasteiger partial charge on any atom is -0.0528 e. The van der Waals surface area contributed by atoms with E-state index in [9.17, 15) is 0 Å². The Labute approximate surface area is 87.5 Å². The molecular formula is C14H22. The fourth-order valence-corrected chi connectivity index (χ4v) is 5.45. The predicted molar refractivity (Wildman–Crippen MR) is 57.9 cm³/mol. The Bertz CT molecular complexity index is 214. The summed E-state index contributed by atoms with van der Waals surface area (Å²) in [6, 6.07) is 0. The number of fused-ring (bicyclic) bond motifs is 5. The molecule has 6 saturated carbocycles. The molecule has 0 nitrogen and oxygen atoms in total. The van der Waals surface area contributed by atoms with Gasteiger partial charge in [0.1, 0.15) is 0 Å². The standard InChI is InChI=1S/C14H22/c1-2-11-8-12(3-1)14(11)13-6-9-4-10(5-9)7-13/h9-14H,1-8H2. The first-order valence-electron chi connectivity index (χ1n) is 6.90. The Morgan fingerprint density at radius 1 is 0.571 bits per heavy atom. The number of hydrogen-bond donors (Lipinski definition) is 0. The zero-order chi connectivity index (χ0) is 9.12. The van der Waals surface area contributed by atoms with E-state index in [1.807, 2.05) is 0 Å². The second-order valence-electron chi connectivity index (χ2n) is 6.70. The van der Waals surface area contributed by atoms with Crippen LogP contribution in [0, 0.1) is 35.5 Å². The molecule has 0 aromatic heterocycles. The predicted octanol–water partition coefficient (Wildman–Crippen LogP) is 3.86. The van der Waals surface area contributed by atoms with Gasteiger partial charge in [-0.1, -0.05) is 19.3 Å². The van der Waals surface area contributed by atoms with Gasteiger partial charge >= 0.3 is 0 Å². The first-order chi connectivity index (χ1) is 6.90. The van der Waals surface area contributed by atoms with E-state index in [-0.39, 0.29) is 0 Å². The summed E-state index contributed by atoms with van der Waals surface area (Å²) < 4.78 is 0. The molecule has 6 aliphatic carbocycles. The molecule has 2 unspecified atom stereocenters. The van der Waals surface area contributed by atoms with Crippen molar-refractivity contribution in [1.29, 1.82) is 0 Å². The van der Waals surface area contributed by atoms with Gasteiger partial charge in [0.15, 0.2) is 0 Å². The molecule has 0 radical (unpaired) electrons. The van der Waals surface area contributed by atoms with Crippen molar-refractivity contribution in [2.75, 3.05) is 0 Å². The summed E-state index contributed by atoms with van der Waals surface area (Å²) in [5, 5.41) is 0. The van der Waals surface area contributed by atoms with Gasteiger partial charge in [-0.25, -0.2) is 0 Å². The van der Waals surface area contributed by atoms with Crippen LogP contribution in [0.4, 0.5) is 0 Å². The highest BCUT2D eigenvalue weighted by Gasteiger charge is 2.50. The van der Waals surface area contributed by atoms with Crippen molar-refractivity contribution < 1.29 is 0 Å². The fourth-order valence-electron chi connectivity index (χ4n) is 5.45. The van der Waals surface area contributed by atoms with Crippen LogP contribution in [0.1, 0.15) is 51.4 Å². The summed E-state index contributed by atoms with van der Waals surface area (Å²) in [5.74, 6) is 7.15. The van der Waals surface area contributed by atoms with Crippen molar-refractivity contribution in [2.24, 2.45) is 35.5 Å². The molecule has 0 aromatic carbocycles. The molecule has 14 heavy (non-hydrogen) atoms. The van der Waals surface area contributed by atoms with E-state index in [1.54, 1.807) is 51.4 Å². The molecule has 0 N–H and O–H groups in total. The SMILES string of the molecule is C1CC2CC(C1)C2C1CC2CC(C2)C1. The van der Waals surface area contributed by atoms with Crippen molar-refractivity contribution >= 4 is 0 Å². The molecule has 0 aliphatic heterocycles. The third kappa shape index (κ3) is 1.01. The lowest BCUT2D eigenvalue weighted by Crippen LogP contribution is -2.49. The first-order valence-corrected chi connectivity index (χ1v) is 6.90. The quantitative estimate of drug-likeness (QED) is 0.589. The Kier molecular flexibility index (Phi) is 1.62. The third-order valence-electron chi connectivity index (χ3n) is 5.99. The van der Waals surface area contributed by atoms with Crippen LogP contribution in [0.5, 0.6) is 0 Å². The first kappa shape index (κ1) is 8.19. The van der Waals surface area contributed by atoms with E-state index in [0.29, 0.717) is 0 Å². The monoisotopic (exact) mass is 190 g/mol. The summed E-state index contributed by atoms with van der Waals surface area (Å²) in [6.07, 6.45) is 12.8. The molecule has 0 aromatic rings. The fraction of sp³-hybridized carbons (Fsp3) is 1.00. The lowest BCUT2D eigenvalue weighted by Gasteiger charge is -2.58. The Morgan fingerprint density at radius 2 is 1.21 bits per heavy atom. The van der Waals surface area contributed by atoms with E-state index >= 15 is 0 Å². The van der Waals surface area contributed by atoms with Crippen LogP contribution in [0.3, 0.4) is 0 Å². The van der Waals surface area contributed by atoms with E-state index in [4.69, 9.17) is 0 Å². The molecule has 4 bridgehead atoms. The van der Waals surface area contributed by atoms with Crippen molar-refractivity contribution in [2.45, 2.75) is 51.4 Å². The highest BCUT2D eigenvalue weighted by molar-refractivity contribution is 5.00. The van der Waals surface area contributed by atoms with Crippen LogP contribution in [-0.4, -0.2) is 0 Å². The largest absolute Gasteiger partial charge is 0.0528 e. The van der Waals surface area contributed by atoms with E-state index < -0.39 is 0 Å². The Hall–Kier alpha value is 0. The maximum atomic E-state index is 1.63. The van der Waals surface area contributed by atoms with Crippen LogP contribution in [0.25, 0.3) is 0 Å². The number of rotatable bonds is 1. The lowest BCUT2D eigenvalue weighted by molar-refractivity contribution is -0.0773. The lowest BCUT2D eigenvalue weighted by atomic mass is 9.48. The third-order valence-corrected chi connectivity index (χ3v) is 5.99. The molecule has 6 aliphatic rings. The van der Waals surface area contributed by atoms with Gasteiger partial charge in [-0.3, -0.25) is 0 Å². The second kappa shape index (κ2) is 2.77. The molecule has 78 valence electrons. The molecule has 0 saturated heterocycles. The molecule has 0 amide bonds. The maximum Gasteiger partial charge on any atom is -0.0329 e. The molecule has 6 rings (SSSR count). The number of hydrogen-bond acceptors (Lipinski definition) is 0. The van der Waals surface area contributed by atoms with E-state index in [1.165, 1.54) is 35.5 Å². The molecular weight excluding hydrogens is 168 g/mol. The maximum absolute atomic E-state index is 1.63. The van der Waals surface area contributed by atoms with Crippen molar-refractivity contribution in [3.8, 4) is 0 Å². The zero-order valence-electron chi connectivity index (χ0n) is 9.12. The van der Waals surface area contributed by atoms with Gasteiger partial charge in [0, 0.05) is 0 Å². The van der Waals surface area contributed by atoms with Crippen LogP contribution in [0.15, 0.2) is 0 Å². The van der Waals surface area contributed by atoms with Gasteiger partial charge in [0.25, 0.3) is 0 Å². The smallest absolute Gasteiger partial charge is 0.0329 e. The highest BCUT2D eigenvalue weighted by atomic mass is 14.6. The molecule has 0 heteroatoms. The van der Waals surface area contributed by atoms with Crippen LogP contribution in [-0.2, 0) is 0 Å². The average molecular weight is 190 g/mol. The van der Waals surface area contributed by atoms with Gasteiger partial charge in [0.2, 0.25) is 0 Å². The van der Waals surface area contributed by atoms with Crippen LogP contribution < -0.4 is 0 Å². The second-order valence-corrected chi connectivity index (χ2v) is 6.70. The van der Waals surface area contributed by atoms with Crippen LogP contribution >= 0.6 is 0 Å². The Morgan fingerprint density at radius 3 is 1.79 bits per heavy atom. The van der Waals surface area contributed by atoms with Crippen molar-refractivity contribution in [3.63, 3.8) is 0 Å². The van der Waals surface area contributed by atoms with E-state index in [0.717, 1.165) is 0 Å². The zero-order valence-corrected chi connectivity index (χ0v) is 9.12. The summed E-state index contributed by atoms with van der Waals surface area (Å²) in [5.41, 5.74) is 0. The highest BCUT2D eigenvalue weighted by Crippen LogP contribution is 2.60. The molecule has 6 fully saturated rings. The summed E-state index contributed by atoms with van der Waals surface area (Å²) in [4.78, 5) is 0. The Balaban J connectivity index is 1.48. The molecule has 0 spiro atoms. The summed E-state index contributed by atoms with van der Waals surface area (Å²) in [6.45, 7) is 0. The topological polar surface area (TPSA) is 0 Å². The van der Waals surface area contributed by atoms with Gasteiger partial charge in [0.05, 0.1) is 0 Å². The minimum absolute atomic E-state index is 1.18. The molecule has 0 heterocycles. The van der Waals surface area contributed by atoms with Crippen molar-refractivity contribution in [3.05, 3.63) is 0 Å². The van der Waals surface area contributed by atoms with Crippen LogP contribution in [0.2, 0.25) is 0 Å².